The summed E-state index contributed by atoms with van der Waals surface area (Å²) >= 11 is 0. The van der Waals surface area contributed by atoms with Gasteiger partial charge in [-0.2, -0.15) is 0 Å². The van der Waals surface area contributed by atoms with E-state index in [0.29, 0.717) is 22.5 Å². The molecule has 0 aliphatic carbocycles. The van der Waals surface area contributed by atoms with Crippen molar-refractivity contribution in [2.75, 3.05) is 12.9 Å². The van der Waals surface area contributed by atoms with E-state index in [-0.39, 0.29) is 35.8 Å². The number of aryl methyl sites for hydroxylation is 1. The second kappa shape index (κ2) is 11.3. The van der Waals surface area contributed by atoms with Crippen LogP contribution in [-0.2, 0) is 21.2 Å². The van der Waals surface area contributed by atoms with Crippen molar-refractivity contribution in [3.05, 3.63) is 95.7 Å². The van der Waals surface area contributed by atoms with Crippen LogP contribution >= 0.6 is 0 Å². The van der Waals surface area contributed by atoms with E-state index in [1.807, 2.05) is 30.3 Å². The van der Waals surface area contributed by atoms with Gasteiger partial charge < -0.3 is 9.47 Å². The normalized spacial score (nSPS) is 12.3. The molecule has 8 nitrogen and oxygen atoms in total. The van der Waals surface area contributed by atoms with Crippen molar-refractivity contribution in [2.45, 2.75) is 31.2 Å². The minimum absolute atomic E-state index is 0.00877. The summed E-state index contributed by atoms with van der Waals surface area (Å²) in [5.74, 6) is -0.633. The summed E-state index contributed by atoms with van der Waals surface area (Å²) in [5, 5.41) is -0.283. The molecule has 0 aliphatic heterocycles. The number of nitrogens with zero attached hydrogens (tertiary/aromatic N) is 4. The first kappa shape index (κ1) is 25.3. The lowest BCUT2D eigenvalue weighted by Crippen LogP contribution is -2.16. The lowest BCUT2D eigenvalue weighted by molar-refractivity contribution is 0.0361. The number of ether oxygens (including phenoxy) is 2. The third-order valence-electron chi connectivity index (χ3n) is 5.44. The zero-order valence-corrected chi connectivity index (χ0v) is 20.7. The summed E-state index contributed by atoms with van der Waals surface area (Å²) in [4.78, 5) is 16.5. The number of aromatic nitrogens is 4. The topological polar surface area (TPSA) is 104 Å². The largest absolute Gasteiger partial charge is 0.467 e. The molecular weight excluding hydrogens is 483 g/mol. The first-order valence-electron chi connectivity index (χ1n) is 11.2. The van der Waals surface area contributed by atoms with Crippen molar-refractivity contribution >= 4 is 9.84 Å². The highest BCUT2D eigenvalue weighted by molar-refractivity contribution is 7.91. The second-order valence-corrected chi connectivity index (χ2v) is 10.0. The maximum atomic E-state index is 14.1. The highest BCUT2D eigenvalue weighted by Gasteiger charge is 2.24. The Kier molecular flexibility index (Phi) is 7.97. The van der Waals surface area contributed by atoms with Crippen LogP contribution in [0.5, 0.6) is 6.01 Å². The Labute approximate surface area is 209 Å². The Bertz CT molecular complexity index is 1420. The quantitative estimate of drug-likeness (QED) is 0.288. The molecule has 10 heteroatoms. The summed E-state index contributed by atoms with van der Waals surface area (Å²) in [6.07, 6.45) is 2.58. The van der Waals surface area contributed by atoms with E-state index in [4.69, 9.17) is 9.47 Å². The highest BCUT2D eigenvalue weighted by atomic mass is 32.2. The molecule has 0 amide bonds. The van der Waals surface area contributed by atoms with Crippen LogP contribution in [0.4, 0.5) is 4.39 Å². The fraction of sp³-hybridized carbons (Fsp3) is 0.231. The first-order valence-corrected chi connectivity index (χ1v) is 12.9. The van der Waals surface area contributed by atoms with Crippen LogP contribution in [-0.4, -0.2) is 41.2 Å². The number of benzene rings is 2. The molecule has 0 bridgehead atoms. The second-order valence-electron chi connectivity index (χ2n) is 8.04. The van der Waals surface area contributed by atoms with Gasteiger partial charge in [-0.3, -0.25) is 0 Å². The van der Waals surface area contributed by atoms with Gasteiger partial charge in [-0.05, 0) is 31.0 Å². The Morgan fingerprint density at radius 3 is 2.36 bits per heavy atom. The van der Waals surface area contributed by atoms with E-state index in [9.17, 15) is 12.8 Å². The van der Waals surface area contributed by atoms with Gasteiger partial charge in [-0.25, -0.2) is 32.7 Å². The molecule has 2 aromatic heterocycles. The molecule has 0 spiro atoms. The number of sulfone groups is 1. The molecule has 0 saturated heterocycles. The molecule has 2 aromatic carbocycles. The van der Waals surface area contributed by atoms with Crippen LogP contribution < -0.4 is 4.74 Å². The van der Waals surface area contributed by atoms with Crippen LogP contribution in [0, 0.1) is 12.7 Å². The number of hydrogen-bond acceptors (Lipinski definition) is 8. The third-order valence-corrected chi connectivity index (χ3v) is 6.95. The van der Waals surface area contributed by atoms with Crippen molar-refractivity contribution in [2.24, 2.45) is 0 Å². The van der Waals surface area contributed by atoms with Crippen molar-refractivity contribution in [1.29, 1.82) is 0 Å². The van der Waals surface area contributed by atoms with Gasteiger partial charge >= 0.3 is 6.01 Å². The number of hydrogen-bond donors (Lipinski definition) is 0. The minimum Gasteiger partial charge on any atom is -0.467 e. The van der Waals surface area contributed by atoms with Crippen LogP contribution in [0.2, 0.25) is 0 Å². The molecule has 36 heavy (non-hydrogen) atoms. The van der Waals surface area contributed by atoms with E-state index >= 15 is 0 Å². The zero-order valence-electron chi connectivity index (χ0n) is 19.8. The average molecular weight is 509 g/mol. The van der Waals surface area contributed by atoms with Crippen molar-refractivity contribution in [3.8, 4) is 17.3 Å². The first-order chi connectivity index (χ1) is 17.4. The highest BCUT2D eigenvalue weighted by Crippen LogP contribution is 2.26. The van der Waals surface area contributed by atoms with E-state index < -0.39 is 15.9 Å². The zero-order chi connectivity index (χ0) is 25.5. The van der Waals surface area contributed by atoms with Gasteiger partial charge in [0.1, 0.15) is 5.82 Å². The van der Waals surface area contributed by atoms with Crippen molar-refractivity contribution in [1.82, 2.24) is 19.9 Å². The number of rotatable bonds is 10. The average Bonchev–Trinajstić information content (AvgIpc) is 2.90. The lowest BCUT2D eigenvalue weighted by atomic mass is 10.1. The van der Waals surface area contributed by atoms with Gasteiger partial charge in [0.05, 0.1) is 31.3 Å². The number of methoxy groups -OCH3 is 1. The van der Waals surface area contributed by atoms with E-state index in [1.54, 1.807) is 31.2 Å². The SMILES string of the molecule is COc1ncc(-c2cc(C)nc(S(=O)(=O)CCC(OCc3ccccc3F)c3ccccc3)n2)cn1. The van der Waals surface area contributed by atoms with E-state index in [2.05, 4.69) is 19.9 Å². The molecule has 0 saturated carbocycles. The fourth-order valence-corrected chi connectivity index (χ4v) is 4.78. The van der Waals surface area contributed by atoms with Crippen molar-refractivity contribution < 1.29 is 22.3 Å². The van der Waals surface area contributed by atoms with Gasteiger partial charge in [0.25, 0.3) is 0 Å². The Morgan fingerprint density at radius 1 is 0.972 bits per heavy atom. The fourth-order valence-electron chi connectivity index (χ4n) is 3.56. The van der Waals surface area contributed by atoms with Gasteiger partial charge in [-0.1, -0.05) is 48.5 Å². The van der Waals surface area contributed by atoms with E-state index in [1.165, 1.54) is 25.6 Å². The smallest absolute Gasteiger partial charge is 0.316 e. The van der Waals surface area contributed by atoms with Gasteiger partial charge in [0.2, 0.25) is 15.0 Å². The molecule has 4 aromatic rings. The molecule has 0 radical (unpaired) electrons. The monoisotopic (exact) mass is 508 g/mol. The molecule has 2 heterocycles. The van der Waals surface area contributed by atoms with Gasteiger partial charge in [0.15, 0.2) is 0 Å². The Morgan fingerprint density at radius 2 is 1.67 bits per heavy atom. The predicted molar refractivity (Wildman–Crippen MR) is 131 cm³/mol. The summed E-state index contributed by atoms with van der Waals surface area (Å²) in [5.41, 5.74) is 2.61. The van der Waals surface area contributed by atoms with Crippen LogP contribution in [0.3, 0.4) is 0 Å². The molecule has 1 unspecified atom stereocenters. The van der Waals surface area contributed by atoms with Crippen molar-refractivity contribution in [3.63, 3.8) is 0 Å². The Hall–Kier alpha value is -3.76. The van der Waals surface area contributed by atoms with Gasteiger partial charge in [0, 0.05) is 29.2 Å². The predicted octanol–water partition coefficient (Wildman–Crippen LogP) is 4.51. The maximum absolute atomic E-state index is 14.1. The summed E-state index contributed by atoms with van der Waals surface area (Å²) < 4.78 is 51.5. The minimum atomic E-state index is -3.86. The summed E-state index contributed by atoms with van der Waals surface area (Å²) in [6.45, 7) is 1.70. The maximum Gasteiger partial charge on any atom is 0.316 e. The molecule has 1 atom stereocenters. The molecule has 4 rings (SSSR count). The molecule has 0 N–H and O–H groups in total. The standard InChI is InChI=1S/C26H25FN4O4S/c1-18-14-23(21-15-28-25(34-2)29-16-21)31-26(30-18)36(32,33)13-12-24(19-8-4-3-5-9-19)35-17-20-10-6-7-11-22(20)27/h3-11,14-16,24H,12-13,17H2,1-2H3. The third kappa shape index (κ3) is 6.27. The number of halogens is 1. The molecule has 0 aliphatic rings. The van der Waals surface area contributed by atoms with Crippen LogP contribution in [0.1, 0.15) is 29.3 Å². The summed E-state index contributed by atoms with van der Waals surface area (Å²) in [6, 6.07) is 17.4. The van der Waals surface area contributed by atoms with E-state index in [0.717, 1.165) is 5.56 Å². The van der Waals surface area contributed by atoms with Crippen LogP contribution in [0.15, 0.2) is 78.2 Å². The van der Waals surface area contributed by atoms with Gasteiger partial charge in [-0.15, -0.1) is 0 Å². The lowest BCUT2D eigenvalue weighted by Gasteiger charge is -2.19. The Balaban J connectivity index is 1.54. The molecular formula is C26H25FN4O4S. The molecule has 186 valence electrons. The van der Waals surface area contributed by atoms with Crippen LogP contribution in [0.25, 0.3) is 11.3 Å². The summed E-state index contributed by atoms with van der Waals surface area (Å²) in [7, 11) is -2.41. The molecule has 0 fully saturated rings.